The van der Waals surface area contributed by atoms with Crippen LogP contribution in [0, 0.1) is 6.92 Å². The molecule has 0 unspecified atom stereocenters. The van der Waals surface area contributed by atoms with Crippen molar-refractivity contribution in [1.29, 1.82) is 0 Å². The summed E-state index contributed by atoms with van der Waals surface area (Å²) in [6.45, 7) is 3.57. The average molecular weight is 314 g/mol. The van der Waals surface area contributed by atoms with E-state index < -0.39 is 27.3 Å². The molecule has 7 nitrogen and oxygen atoms in total. The highest BCUT2D eigenvalue weighted by Gasteiger charge is 2.28. The van der Waals surface area contributed by atoms with Gasteiger partial charge in [0.15, 0.2) is 0 Å². The van der Waals surface area contributed by atoms with E-state index in [2.05, 4.69) is 5.32 Å². The molecule has 3 N–H and O–H groups in total. The van der Waals surface area contributed by atoms with E-state index in [9.17, 15) is 18.3 Å². The molecule has 0 aliphatic carbocycles. The number of rotatable bonds is 3. The van der Waals surface area contributed by atoms with Crippen molar-refractivity contribution in [1.82, 2.24) is 9.62 Å². The molecule has 21 heavy (non-hydrogen) atoms. The fourth-order valence-electron chi connectivity index (χ4n) is 2.32. The van der Waals surface area contributed by atoms with Gasteiger partial charge in [-0.25, -0.2) is 13.2 Å². The summed E-state index contributed by atoms with van der Waals surface area (Å²) >= 11 is 0. The quantitative estimate of drug-likeness (QED) is 0.745. The van der Waals surface area contributed by atoms with E-state index in [0.717, 1.165) is 12.6 Å². The number of nitrogens with one attached hydrogen (secondary N) is 1. The minimum atomic E-state index is -3.77. The Labute approximate surface area is 123 Å². The lowest BCUT2D eigenvalue weighted by Gasteiger charge is -2.21. The van der Waals surface area contributed by atoms with E-state index in [1.54, 1.807) is 0 Å². The summed E-state index contributed by atoms with van der Waals surface area (Å²) in [4.78, 5) is 11.0. The number of hydrogen-bond acceptors (Lipinski definition) is 5. The second kappa shape index (κ2) is 6.00. The molecule has 0 amide bonds. The third kappa shape index (κ3) is 3.17. The van der Waals surface area contributed by atoms with Crippen molar-refractivity contribution in [2.75, 3.05) is 26.2 Å². The van der Waals surface area contributed by atoms with Crippen molar-refractivity contribution in [2.24, 2.45) is 0 Å². The molecule has 0 bridgehead atoms. The van der Waals surface area contributed by atoms with Crippen LogP contribution >= 0.6 is 0 Å². The van der Waals surface area contributed by atoms with Crippen molar-refractivity contribution in [3.8, 4) is 5.75 Å². The van der Waals surface area contributed by atoms with Crippen LogP contribution in [0.1, 0.15) is 22.3 Å². The van der Waals surface area contributed by atoms with Crippen LogP contribution in [0.25, 0.3) is 0 Å². The van der Waals surface area contributed by atoms with Crippen LogP contribution in [-0.4, -0.2) is 55.1 Å². The zero-order valence-electron chi connectivity index (χ0n) is 11.7. The Morgan fingerprint density at radius 1 is 1.29 bits per heavy atom. The molecule has 8 heteroatoms. The first kappa shape index (κ1) is 15.7. The number of hydrogen-bond donors (Lipinski definition) is 3. The summed E-state index contributed by atoms with van der Waals surface area (Å²) < 4.78 is 26.7. The van der Waals surface area contributed by atoms with Gasteiger partial charge in [0.05, 0.1) is 4.90 Å². The molecule has 0 aromatic heterocycles. The first-order valence-corrected chi connectivity index (χ1v) is 8.06. The van der Waals surface area contributed by atoms with E-state index >= 15 is 0 Å². The number of carboxylic acid groups (broad SMARTS) is 1. The summed E-state index contributed by atoms with van der Waals surface area (Å²) in [6.07, 6.45) is 0.697. The molecule has 1 heterocycles. The molecule has 1 aromatic carbocycles. The highest BCUT2D eigenvalue weighted by atomic mass is 32.2. The number of aromatic carboxylic acids is 1. The fraction of sp³-hybridized carbons (Fsp3) is 0.462. The molecule has 2 rings (SSSR count). The third-order valence-corrected chi connectivity index (χ3v) is 5.48. The Bertz CT molecular complexity index is 649. The van der Waals surface area contributed by atoms with E-state index in [1.807, 2.05) is 0 Å². The normalized spacial score (nSPS) is 17.4. The number of carboxylic acids is 1. The van der Waals surface area contributed by atoms with Gasteiger partial charge in [0, 0.05) is 19.6 Å². The van der Waals surface area contributed by atoms with Crippen molar-refractivity contribution in [3.05, 3.63) is 23.3 Å². The van der Waals surface area contributed by atoms with Crippen LogP contribution in [0.4, 0.5) is 0 Å². The molecule has 0 atom stereocenters. The Morgan fingerprint density at radius 3 is 2.67 bits per heavy atom. The first-order valence-electron chi connectivity index (χ1n) is 6.62. The Hall–Kier alpha value is -1.64. The number of nitrogens with zero attached hydrogens (tertiary/aromatic N) is 1. The zero-order valence-corrected chi connectivity index (χ0v) is 12.5. The number of benzene rings is 1. The maximum atomic E-state index is 12.7. The summed E-state index contributed by atoms with van der Waals surface area (Å²) in [5.41, 5.74) is -0.0816. The summed E-state index contributed by atoms with van der Waals surface area (Å²) in [5, 5.41) is 21.7. The van der Waals surface area contributed by atoms with Crippen molar-refractivity contribution in [3.63, 3.8) is 0 Å². The number of phenols is 1. The summed E-state index contributed by atoms with van der Waals surface area (Å²) in [5.74, 6) is -1.79. The maximum absolute atomic E-state index is 12.7. The average Bonchev–Trinajstić information content (AvgIpc) is 2.67. The van der Waals surface area contributed by atoms with Crippen LogP contribution in [0.3, 0.4) is 0 Å². The highest BCUT2D eigenvalue weighted by Crippen LogP contribution is 2.27. The Kier molecular flexibility index (Phi) is 4.50. The second-order valence-corrected chi connectivity index (χ2v) is 6.85. The van der Waals surface area contributed by atoms with Crippen LogP contribution in [0.2, 0.25) is 0 Å². The minimum absolute atomic E-state index is 0.0698. The van der Waals surface area contributed by atoms with Gasteiger partial charge in [-0.15, -0.1) is 0 Å². The SMILES string of the molecule is Cc1cc(O)c(C(=O)O)cc1S(=O)(=O)N1CCCNCC1. The van der Waals surface area contributed by atoms with Crippen molar-refractivity contribution >= 4 is 16.0 Å². The van der Waals surface area contributed by atoms with Crippen molar-refractivity contribution < 1.29 is 23.4 Å². The van der Waals surface area contributed by atoms with Gasteiger partial charge in [-0.05, 0) is 37.6 Å². The number of sulfonamides is 1. The van der Waals surface area contributed by atoms with Gasteiger partial charge in [0.1, 0.15) is 11.3 Å². The van der Waals surface area contributed by atoms with Crippen LogP contribution in [0.5, 0.6) is 5.75 Å². The van der Waals surface area contributed by atoms with E-state index in [4.69, 9.17) is 5.11 Å². The summed E-state index contributed by atoms with van der Waals surface area (Å²) in [6, 6.07) is 2.20. The lowest BCUT2D eigenvalue weighted by molar-refractivity contribution is 0.0693. The predicted molar refractivity (Wildman–Crippen MR) is 76.0 cm³/mol. The molecule has 0 saturated carbocycles. The maximum Gasteiger partial charge on any atom is 0.339 e. The molecule has 1 aromatic rings. The molecular formula is C13H18N2O5S. The lowest BCUT2D eigenvalue weighted by atomic mass is 10.1. The van der Waals surface area contributed by atoms with E-state index in [-0.39, 0.29) is 4.90 Å². The van der Waals surface area contributed by atoms with Gasteiger partial charge < -0.3 is 15.5 Å². The predicted octanol–water partition coefficient (Wildman–Crippen LogP) is 0.383. The number of aryl methyl sites for hydroxylation is 1. The van der Waals surface area contributed by atoms with Gasteiger partial charge >= 0.3 is 5.97 Å². The molecule has 1 aliphatic rings. The molecular weight excluding hydrogens is 296 g/mol. The largest absolute Gasteiger partial charge is 0.507 e. The number of carbonyl (C=O) groups is 1. The third-order valence-electron chi connectivity index (χ3n) is 3.44. The molecule has 0 radical (unpaired) electrons. The van der Waals surface area contributed by atoms with Crippen LogP contribution < -0.4 is 5.32 Å². The molecule has 116 valence electrons. The van der Waals surface area contributed by atoms with E-state index in [1.165, 1.54) is 17.3 Å². The fourth-order valence-corrected chi connectivity index (χ4v) is 4.03. The highest BCUT2D eigenvalue weighted by molar-refractivity contribution is 7.89. The van der Waals surface area contributed by atoms with Gasteiger partial charge in [-0.2, -0.15) is 4.31 Å². The van der Waals surface area contributed by atoms with Gasteiger partial charge in [0.25, 0.3) is 0 Å². The molecule has 1 fully saturated rings. The Morgan fingerprint density at radius 2 is 2.00 bits per heavy atom. The zero-order chi connectivity index (χ0) is 15.6. The van der Waals surface area contributed by atoms with E-state index in [0.29, 0.717) is 31.6 Å². The van der Waals surface area contributed by atoms with Gasteiger partial charge in [0.2, 0.25) is 10.0 Å². The number of aromatic hydroxyl groups is 1. The van der Waals surface area contributed by atoms with Gasteiger partial charge in [-0.1, -0.05) is 0 Å². The van der Waals surface area contributed by atoms with Crippen molar-refractivity contribution in [2.45, 2.75) is 18.2 Å². The van der Waals surface area contributed by atoms with Crippen LogP contribution in [-0.2, 0) is 10.0 Å². The topological polar surface area (TPSA) is 107 Å². The lowest BCUT2D eigenvalue weighted by Crippen LogP contribution is -2.34. The molecule has 1 aliphatic heterocycles. The minimum Gasteiger partial charge on any atom is -0.507 e. The second-order valence-electron chi connectivity index (χ2n) is 4.95. The molecule has 1 saturated heterocycles. The smallest absolute Gasteiger partial charge is 0.339 e. The summed E-state index contributed by atoms with van der Waals surface area (Å²) in [7, 11) is -3.77. The monoisotopic (exact) mass is 314 g/mol. The van der Waals surface area contributed by atoms with Crippen LogP contribution in [0.15, 0.2) is 17.0 Å². The first-order chi connectivity index (χ1) is 9.84. The molecule has 0 spiro atoms. The standard InChI is InChI=1S/C13H18N2O5S/c1-9-7-11(16)10(13(17)18)8-12(9)21(19,20)15-5-2-3-14-4-6-15/h7-8,14,16H,2-6H2,1H3,(H,17,18). The Balaban J connectivity index is 2.48. The van der Waals surface area contributed by atoms with Gasteiger partial charge in [-0.3, -0.25) is 0 Å².